The molecule has 0 saturated heterocycles. The predicted octanol–water partition coefficient (Wildman–Crippen LogP) is 4.54. The van der Waals surface area contributed by atoms with Gasteiger partial charge in [0.1, 0.15) is 18.1 Å². The molecule has 0 unspecified atom stereocenters. The Morgan fingerprint density at radius 1 is 1.10 bits per heavy atom. The van der Waals surface area contributed by atoms with E-state index in [2.05, 4.69) is 6.58 Å². The van der Waals surface area contributed by atoms with Gasteiger partial charge in [0, 0.05) is 18.7 Å². The highest BCUT2D eigenvalue weighted by Gasteiger charge is 2.09. The molecule has 0 N–H and O–H groups in total. The zero-order valence-electron chi connectivity index (χ0n) is 11.8. The number of rotatable bonds is 7. The number of hydrogen-bond donors (Lipinski definition) is 0. The van der Waals surface area contributed by atoms with Crippen LogP contribution in [-0.2, 0) is 11.3 Å². The lowest BCUT2D eigenvalue weighted by atomic mass is 10.2. The van der Waals surface area contributed by atoms with E-state index in [0.29, 0.717) is 23.1 Å². The molecule has 0 atom stereocenters. The second-order valence-corrected chi connectivity index (χ2v) is 4.76. The summed E-state index contributed by atoms with van der Waals surface area (Å²) < 4.78 is 16.1. The van der Waals surface area contributed by atoms with Crippen LogP contribution >= 0.6 is 11.6 Å². The van der Waals surface area contributed by atoms with Crippen LogP contribution in [0, 0.1) is 0 Å². The zero-order chi connectivity index (χ0) is 15.1. The van der Waals surface area contributed by atoms with Gasteiger partial charge in [-0.05, 0) is 11.6 Å². The van der Waals surface area contributed by atoms with E-state index in [4.69, 9.17) is 25.8 Å². The topological polar surface area (TPSA) is 27.7 Å². The molecule has 0 fully saturated rings. The van der Waals surface area contributed by atoms with E-state index in [1.54, 1.807) is 25.3 Å². The molecule has 0 aliphatic heterocycles. The van der Waals surface area contributed by atoms with Gasteiger partial charge in [0.15, 0.2) is 6.79 Å². The maximum absolute atomic E-state index is 6.15. The lowest BCUT2D eigenvalue weighted by molar-refractivity contribution is 0.0510. The predicted molar refractivity (Wildman–Crippen MR) is 84.8 cm³/mol. The molecule has 0 bridgehead atoms. The van der Waals surface area contributed by atoms with Crippen molar-refractivity contribution in [3.05, 3.63) is 65.2 Å². The van der Waals surface area contributed by atoms with E-state index in [0.717, 1.165) is 11.1 Å². The normalized spacial score (nSPS) is 10.2. The first-order valence-electron chi connectivity index (χ1n) is 6.49. The molecule has 0 aliphatic rings. The third-order valence-electron chi connectivity index (χ3n) is 2.85. The zero-order valence-corrected chi connectivity index (χ0v) is 12.6. The molecule has 0 heterocycles. The summed E-state index contributed by atoms with van der Waals surface area (Å²) in [6, 6.07) is 13.4. The van der Waals surface area contributed by atoms with Crippen molar-refractivity contribution in [1.29, 1.82) is 0 Å². The minimum absolute atomic E-state index is 0.130. The van der Waals surface area contributed by atoms with Gasteiger partial charge in [-0.2, -0.15) is 0 Å². The third kappa shape index (κ3) is 4.25. The Kier molecular flexibility index (Phi) is 5.67. The molecule has 2 rings (SSSR count). The number of methoxy groups -OCH3 is 1. The lowest BCUT2D eigenvalue weighted by Crippen LogP contribution is -2.01. The van der Waals surface area contributed by atoms with Crippen LogP contribution in [0.5, 0.6) is 11.5 Å². The molecule has 21 heavy (non-hydrogen) atoms. The van der Waals surface area contributed by atoms with Crippen molar-refractivity contribution in [2.24, 2.45) is 0 Å². The van der Waals surface area contributed by atoms with Crippen molar-refractivity contribution in [3.8, 4) is 11.5 Å². The van der Waals surface area contributed by atoms with Crippen LogP contribution in [0.4, 0.5) is 0 Å². The van der Waals surface area contributed by atoms with Gasteiger partial charge in [-0.1, -0.05) is 54.6 Å². The van der Waals surface area contributed by atoms with E-state index in [-0.39, 0.29) is 6.79 Å². The van der Waals surface area contributed by atoms with E-state index >= 15 is 0 Å². The molecule has 0 aliphatic carbocycles. The summed E-state index contributed by atoms with van der Waals surface area (Å²) in [5.41, 5.74) is 1.91. The fraction of sp³-hybridized carbons (Fsp3) is 0.176. The molecular weight excluding hydrogens is 288 g/mol. The Hall–Kier alpha value is -1.97. The second kappa shape index (κ2) is 7.72. The van der Waals surface area contributed by atoms with Gasteiger partial charge in [0.25, 0.3) is 0 Å². The molecule has 3 nitrogen and oxygen atoms in total. The maximum atomic E-state index is 6.15. The van der Waals surface area contributed by atoms with Crippen molar-refractivity contribution in [2.75, 3.05) is 13.9 Å². The molecule has 4 heteroatoms. The maximum Gasteiger partial charge on any atom is 0.188 e. The van der Waals surface area contributed by atoms with Crippen LogP contribution in [0.25, 0.3) is 6.08 Å². The van der Waals surface area contributed by atoms with Gasteiger partial charge >= 0.3 is 0 Å². The van der Waals surface area contributed by atoms with Gasteiger partial charge in [-0.3, -0.25) is 0 Å². The smallest absolute Gasteiger partial charge is 0.188 e. The quantitative estimate of drug-likeness (QED) is 0.703. The highest BCUT2D eigenvalue weighted by atomic mass is 35.5. The molecular formula is C17H17ClO3. The summed E-state index contributed by atoms with van der Waals surface area (Å²) in [7, 11) is 1.55. The van der Waals surface area contributed by atoms with Gasteiger partial charge < -0.3 is 14.2 Å². The molecule has 0 spiro atoms. The average Bonchev–Trinajstić information content (AvgIpc) is 2.53. The molecule has 110 valence electrons. The van der Waals surface area contributed by atoms with Crippen molar-refractivity contribution < 1.29 is 14.2 Å². The third-order valence-corrected chi connectivity index (χ3v) is 3.15. The number of benzene rings is 2. The van der Waals surface area contributed by atoms with Crippen LogP contribution in [0.3, 0.4) is 0 Å². The number of hydrogen-bond acceptors (Lipinski definition) is 3. The summed E-state index contributed by atoms with van der Waals surface area (Å²) in [4.78, 5) is 0. The van der Waals surface area contributed by atoms with Crippen LogP contribution in [0.1, 0.15) is 11.1 Å². The minimum Gasteiger partial charge on any atom is -0.488 e. The van der Waals surface area contributed by atoms with E-state index in [1.807, 2.05) is 30.3 Å². The molecule has 2 aromatic carbocycles. The second-order valence-electron chi connectivity index (χ2n) is 4.35. The van der Waals surface area contributed by atoms with Gasteiger partial charge in [-0.15, -0.1) is 0 Å². The summed E-state index contributed by atoms with van der Waals surface area (Å²) >= 11 is 6.15. The Labute approximate surface area is 129 Å². The van der Waals surface area contributed by atoms with Crippen molar-refractivity contribution in [3.63, 3.8) is 0 Å². The molecule has 0 aromatic heterocycles. The fourth-order valence-corrected chi connectivity index (χ4v) is 2.03. The summed E-state index contributed by atoms with van der Waals surface area (Å²) in [5.74, 6) is 1.19. The highest BCUT2D eigenvalue weighted by molar-refractivity contribution is 6.32. The molecule has 0 radical (unpaired) electrons. The summed E-state index contributed by atoms with van der Waals surface area (Å²) in [6.45, 7) is 4.37. The number of halogens is 1. The summed E-state index contributed by atoms with van der Waals surface area (Å²) in [5, 5.41) is 0.494. The monoisotopic (exact) mass is 304 g/mol. The Bertz CT molecular complexity index is 596. The first-order valence-corrected chi connectivity index (χ1v) is 6.87. The Balaban J connectivity index is 2.18. The standard InChI is InChI=1S/C17H17ClO3/c1-3-14-9-15(18)17(21-12-19-2)10-16(14)20-11-13-7-5-4-6-8-13/h3-10H,1,11-12H2,2H3. The van der Waals surface area contributed by atoms with Gasteiger partial charge in [0.2, 0.25) is 0 Å². The van der Waals surface area contributed by atoms with Crippen molar-refractivity contribution >= 4 is 17.7 Å². The molecule has 0 saturated carbocycles. The lowest BCUT2D eigenvalue weighted by Gasteiger charge is -2.13. The van der Waals surface area contributed by atoms with E-state index in [9.17, 15) is 0 Å². The van der Waals surface area contributed by atoms with Crippen LogP contribution in [0.2, 0.25) is 5.02 Å². The van der Waals surface area contributed by atoms with Crippen LogP contribution in [-0.4, -0.2) is 13.9 Å². The molecule has 2 aromatic rings. The highest BCUT2D eigenvalue weighted by Crippen LogP contribution is 2.34. The summed E-state index contributed by atoms with van der Waals surface area (Å²) in [6.07, 6.45) is 1.70. The van der Waals surface area contributed by atoms with Gasteiger partial charge in [0.05, 0.1) is 5.02 Å². The minimum atomic E-state index is 0.130. The average molecular weight is 305 g/mol. The van der Waals surface area contributed by atoms with Gasteiger partial charge in [-0.25, -0.2) is 0 Å². The first kappa shape index (κ1) is 15.4. The Morgan fingerprint density at radius 3 is 2.52 bits per heavy atom. The Morgan fingerprint density at radius 2 is 1.86 bits per heavy atom. The first-order chi connectivity index (χ1) is 10.2. The van der Waals surface area contributed by atoms with Crippen molar-refractivity contribution in [2.45, 2.75) is 6.61 Å². The SMILES string of the molecule is C=Cc1cc(Cl)c(OCOC)cc1OCc1ccccc1. The van der Waals surface area contributed by atoms with E-state index < -0.39 is 0 Å². The largest absolute Gasteiger partial charge is 0.488 e. The van der Waals surface area contributed by atoms with E-state index in [1.165, 1.54) is 0 Å². The number of ether oxygens (including phenoxy) is 3. The van der Waals surface area contributed by atoms with Crippen LogP contribution in [0.15, 0.2) is 49.0 Å². The van der Waals surface area contributed by atoms with Crippen LogP contribution < -0.4 is 9.47 Å². The van der Waals surface area contributed by atoms with Crippen molar-refractivity contribution in [1.82, 2.24) is 0 Å². The fourth-order valence-electron chi connectivity index (χ4n) is 1.80. The molecule has 0 amide bonds.